The molecule has 1 aromatic carbocycles. The predicted molar refractivity (Wildman–Crippen MR) is 94.2 cm³/mol. The highest BCUT2D eigenvalue weighted by molar-refractivity contribution is 6.33. The Morgan fingerprint density at radius 2 is 1.92 bits per heavy atom. The van der Waals surface area contributed by atoms with Crippen molar-refractivity contribution in [2.75, 3.05) is 6.52 Å². The maximum Gasteiger partial charge on any atom is 0.132 e. The smallest absolute Gasteiger partial charge is 0.132 e. The monoisotopic (exact) mass is 342 g/mol. The minimum atomic E-state index is -0.718. The second-order valence-electron chi connectivity index (χ2n) is 7.05. The van der Waals surface area contributed by atoms with Gasteiger partial charge in [-0.3, -0.25) is 4.99 Å². The van der Waals surface area contributed by atoms with E-state index in [4.69, 9.17) is 19.3 Å². The van der Waals surface area contributed by atoms with Crippen LogP contribution in [0.3, 0.4) is 0 Å². The van der Waals surface area contributed by atoms with Gasteiger partial charge in [0.2, 0.25) is 0 Å². The van der Waals surface area contributed by atoms with Gasteiger partial charge in [0.25, 0.3) is 0 Å². The van der Waals surface area contributed by atoms with Gasteiger partial charge in [-0.1, -0.05) is 23.7 Å². The highest BCUT2D eigenvalue weighted by Crippen LogP contribution is 2.60. The molecule has 0 spiro atoms. The summed E-state index contributed by atoms with van der Waals surface area (Å²) in [5.41, 5.74) is 1.65. The number of aliphatic imine (C=N–C) groups is 1. The molecular formula is C20H18ClFN2. The summed E-state index contributed by atoms with van der Waals surface area (Å²) in [6.07, 6.45) is 4.31. The quantitative estimate of drug-likeness (QED) is 0.767. The largest absolute Gasteiger partial charge is 0.291 e. The van der Waals surface area contributed by atoms with Crippen LogP contribution in [0, 0.1) is 17.7 Å². The van der Waals surface area contributed by atoms with Gasteiger partial charge < -0.3 is 0 Å². The van der Waals surface area contributed by atoms with Crippen LogP contribution in [0.5, 0.6) is 0 Å². The Kier molecular flexibility index (Phi) is 2.69. The van der Waals surface area contributed by atoms with E-state index in [1.165, 1.54) is 6.07 Å². The van der Waals surface area contributed by atoms with Crippen molar-refractivity contribution in [3.05, 3.63) is 52.4 Å². The van der Waals surface area contributed by atoms with Gasteiger partial charge in [0.05, 0.1) is 25.7 Å². The molecule has 2 saturated carbocycles. The van der Waals surface area contributed by atoms with Crippen molar-refractivity contribution in [3.8, 4) is 11.3 Å². The summed E-state index contributed by atoms with van der Waals surface area (Å²) < 4.78 is 31.3. The van der Waals surface area contributed by atoms with E-state index in [1.54, 1.807) is 24.3 Å². The summed E-state index contributed by atoms with van der Waals surface area (Å²) in [5.74, 6) is 0.369. The molecule has 4 heteroatoms. The van der Waals surface area contributed by atoms with Crippen molar-refractivity contribution < 1.29 is 7.13 Å². The topological polar surface area (TPSA) is 25.2 Å². The fraction of sp³-hybridized carbons (Fsp3) is 0.400. The molecule has 2 aromatic rings. The first-order valence-electron chi connectivity index (χ1n) is 9.54. The zero-order chi connectivity index (χ0) is 18.1. The van der Waals surface area contributed by atoms with Gasteiger partial charge in [0.1, 0.15) is 5.82 Å². The maximum absolute atomic E-state index is 14.4. The third-order valence-corrected chi connectivity index (χ3v) is 5.77. The average Bonchev–Trinajstić information content (AvgIpc) is 3.50. The summed E-state index contributed by atoms with van der Waals surface area (Å²) >= 11 is 6.44. The number of rotatable bonds is 3. The average molecular weight is 343 g/mol. The summed E-state index contributed by atoms with van der Waals surface area (Å²) in [6.45, 7) is -0.718. The number of benzene rings is 1. The van der Waals surface area contributed by atoms with Crippen LogP contribution in [0.15, 0.2) is 35.3 Å². The first-order valence-corrected chi connectivity index (χ1v) is 8.84. The number of nitrogens with zero attached hydrogens (tertiary/aromatic N) is 2. The van der Waals surface area contributed by atoms with E-state index in [2.05, 4.69) is 4.99 Å². The van der Waals surface area contributed by atoms with Crippen molar-refractivity contribution in [1.29, 1.82) is 0 Å². The van der Waals surface area contributed by atoms with Gasteiger partial charge in [-0.05, 0) is 55.7 Å². The molecule has 0 amide bonds. The van der Waals surface area contributed by atoms with E-state index < -0.39 is 11.9 Å². The van der Waals surface area contributed by atoms with E-state index in [-0.39, 0.29) is 12.0 Å². The number of hydrogen-bond acceptors (Lipinski definition) is 2. The third kappa shape index (κ3) is 2.07. The number of halogens is 2. The highest BCUT2D eigenvalue weighted by atomic mass is 35.5. The van der Waals surface area contributed by atoms with Crippen LogP contribution < -0.4 is 0 Å². The van der Waals surface area contributed by atoms with Crippen molar-refractivity contribution in [1.82, 2.24) is 4.98 Å². The maximum atomic E-state index is 14.4. The normalized spacial score (nSPS) is 26.2. The molecule has 3 aliphatic rings. The second kappa shape index (κ2) is 5.13. The van der Waals surface area contributed by atoms with Crippen LogP contribution in [-0.4, -0.2) is 17.7 Å². The van der Waals surface area contributed by atoms with Crippen LogP contribution in [0.25, 0.3) is 11.3 Å². The first kappa shape index (κ1) is 12.6. The zero-order valence-electron chi connectivity index (χ0n) is 15.1. The minimum absolute atomic E-state index is 0.0615. The van der Waals surface area contributed by atoms with Gasteiger partial charge in [-0.25, -0.2) is 9.37 Å². The summed E-state index contributed by atoms with van der Waals surface area (Å²) in [4.78, 5) is 9.17. The number of aromatic nitrogens is 1. The van der Waals surface area contributed by atoms with E-state index in [1.807, 2.05) is 0 Å². The van der Waals surface area contributed by atoms with Crippen LogP contribution in [0.2, 0.25) is 5.02 Å². The Morgan fingerprint density at radius 3 is 2.58 bits per heavy atom. The van der Waals surface area contributed by atoms with Gasteiger partial charge >= 0.3 is 0 Å². The minimum Gasteiger partial charge on any atom is -0.291 e. The fourth-order valence-electron chi connectivity index (χ4n) is 4.07. The van der Waals surface area contributed by atoms with Crippen LogP contribution in [0.4, 0.5) is 4.39 Å². The summed E-state index contributed by atoms with van der Waals surface area (Å²) in [5, 5.41) is 0.317. The number of fused-ring (bicyclic) bond motifs is 1. The molecule has 5 rings (SSSR count). The SMILES string of the molecule is [2H]C1=NC([2H])C(C2CC2)(C2CC2)c2nc(-c3ccccc3F)c(Cl)cc21. The van der Waals surface area contributed by atoms with E-state index >= 15 is 0 Å². The molecule has 2 aliphatic carbocycles. The van der Waals surface area contributed by atoms with Crippen molar-refractivity contribution in [2.45, 2.75) is 31.1 Å². The van der Waals surface area contributed by atoms with E-state index in [0.29, 0.717) is 33.7 Å². The summed E-state index contributed by atoms with van der Waals surface area (Å²) in [6, 6.07) is 8.16. The lowest BCUT2D eigenvalue weighted by atomic mass is 9.71. The summed E-state index contributed by atoms with van der Waals surface area (Å²) in [7, 11) is 0. The second-order valence-corrected chi connectivity index (χ2v) is 7.45. The standard InChI is InChI=1S/C20H18ClFN2/c21-16-9-12-10-23-11-20(13-5-6-13,14-7-8-14)19(12)24-18(16)15-3-1-2-4-17(15)22/h1-4,9-10,13-14H,5-8,11H2/i10D,11D. The lowest BCUT2D eigenvalue weighted by Crippen LogP contribution is -2.39. The lowest BCUT2D eigenvalue weighted by Gasteiger charge is -2.36. The fourth-order valence-corrected chi connectivity index (χ4v) is 4.32. The Morgan fingerprint density at radius 1 is 1.21 bits per heavy atom. The first-order chi connectivity index (χ1) is 12.5. The zero-order valence-corrected chi connectivity index (χ0v) is 13.9. The molecule has 24 heavy (non-hydrogen) atoms. The van der Waals surface area contributed by atoms with Crippen molar-refractivity contribution in [2.24, 2.45) is 16.8 Å². The molecule has 1 aromatic heterocycles. The molecule has 0 radical (unpaired) electrons. The molecule has 1 unspecified atom stereocenters. The molecule has 2 nitrogen and oxygen atoms in total. The molecule has 1 aliphatic heterocycles. The van der Waals surface area contributed by atoms with Crippen LogP contribution >= 0.6 is 11.6 Å². The molecule has 1 atom stereocenters. The third-order valence-electron chi connectivity index (χ3n) is 5.48. The Balaban J connectivity index is 1.78. The molecular weight excluding hydrogens is 323 g/mol. The van der Waals surface area contributed by atoms with Gasteiger partial charge in [-0.15, -0.1) is 0 Å². The van der Waals surface area contributed by atoms with Crippen LogP contribution in [0.1, 0.15) is 39.7 Å². The Labute approximate surface area is 148 Å². The number of hydrogen-bond donors (Lipinski definition) is 0. The molecule has 0 saturated heterocycles. The molecule has 0 N–H and O–H groups in total. The molecule has 0 bridgehead atoms. The van der Waals surface area contributed by atoms with E-state index in [9.17, 15) is 4.39 Å². The predicted octanol–water partition coefficient (Wildman–Crippen LogP) is 5.03. The van der Waals surface area contributed by atoms with Gasteiger partial charge in [0, 0.05) is 22.7 Å². The Hall–Kier alpha value is -1.74. The molecule has 122 valence electrons. The Bertz CT molecular complexity index is 925. The highest BCUT2D eigenvalue weighted by Gasteiger charge is 2.57. The van der Waals surface area contributed by atoms with Gasteiger partial charge in [0.15, 0.2) is 0 Å². The van der Waals surface area contributed by atoms with E-state index in [0.717, 1.165) is 31.4 Å². The van der Waals surface area contributed by atoms with Crippen LogP contribution in [-0.2, 0) is 5.41 Å². The number of pyridine rings is 1. The van der Waals surface area contributed by atoms with Crippen molar-refractivity contribution >= 4 is 17.8 Å². The molecule has 2 heterocycles. The molecule has 2 fully saturated rings. The van der Waals surface area contributed by atoms with Crippen molar-refractivity contribution in [3.63, 3.8) is 0 Å². The lowest BCUT2D eigenvalue weighted by molar-refractivity contribution is 0.317. The van der Waals surface area contributed by atoms with Gasteiger partial charge in [-0.2, -0.15) is 0 Å².